The van der Waals surface area contributed by atoms with Crippen molar-refractivity contribution in [1.82, 2.24) is 4.98 Å². The van der Waals surface area contributed by atoms with Gasteiger partial charge in [-0.2, -0.15) is 0 Å². The van der Waals surface area contributed by atoms with E-state index >= 15 is 0 Å². The molecule has 2 N–H and O–H groups in total. The van der Waals surface area contributed by atoms with Crippen molar-refractivity contribution >= 4 is 5.82 Å². The maximum atomic E-state index is 9.62. The molecule has 0 amide bonds. The van der Waals surface area contributed by atoms with Gasteiger partial charge >= 0.3 is 0 Å². The molecule has 27 heavy (non-hydrogen) atoms. The molecule has 0 saturated heterocycles. The van der Waals surface area contributed by atoms with Crippen LogP contribution in [0.5, 0.6) is 5.75 Å². The summed E-state index contributed by atoms with van der Waals surface area (Å²) in [5.74, 6) is 0.828. The van der Waals surface area contributed by atoms with Crippen LogP contribution >= 0.6 is 0 Å². The Morgan fingerprint density at radius 2 is 1.04 bits per heavy atom. The number of anilines is 1. The Morgan fingerprint density at radius 3 is 1.41 bits per heavy atom. The van der Waals surface area contributed by atoms with E-state index in [1.54, 1.807) is 12.1 Å². The van der Waals surface area contributed by atoms with Crippen LogP contribution in [0.25, 0.3) is 0 Å². The van der Waals surface area contributed by atoms with E-state index < -0.39 is 5.54 Å². The fraction of sp³-hybridized carbons (Fsp3) is 0.0417. The van der Waals surface area contributed by atoms with Gasteiger partial charge in [0.15, 0.2) is 0 Å². The number of benzene rings is 3. The number of pyridine rings is 1. The predicted molar refractivity (Wildman–Crippen MR) is 109 cm³/mol. The summed E-state index contributed by atoms with van der Waals surface area (Å²) in [4.78, 5) is 4.38. The maximum absolute atomic E-state index is 9.62. The standard InChI is InChI=1S/C24H20N2O/c27-22-16-17-23(25-18-22)26-24(19-10-4-1-5-11-19,20-12-6-2-7-13-20)21-14-8-3-9-15-21/h1-18,27H,(H,25,26). The highest BCUT2D eigenvalue weighted by Gasteiger charge is 2.36. The van der Waals surface area contributed by atoms with Crippen LogP contribution in [0, 0.1) is 0 Å². The van der Waals surface area contributed by atoms with Gasteiger partial charge in [-0.3, -0.25) is 0 Å². The Labute approximate surface area is 159 Å². The summed E-state index contributed by atoms with van der Waals surface area (Å²) < 4.78 is 0. The lowest BCUT2D eigenvalue weighted by Crippen LogP contribution is -2.38. The first-order valence-electron chi connectivity index (χ1n) is 8.89. The van der Waals surface area contributed by atoms with Crippen molar-refractivity contribution in [3.8, 4) is 5.75 Å². The Hall–Kier alpha value is -3.59. The highest BCUT2D eigenvalue weighted by molar-refractivity contribution is 5.58. The Morgan fingerprint density at radius 1 is 0.593 bits per heavy atom. The number of rotatable bonds is 5. The third kappa shape index (κ3) is 3.27. The first-order valence-corrected chi connectivity index (χ1v) is 8.89. The zero-order valence-corrected chi connectivity index (χ0v) is 14.8. The van der Waals surface area contributed by atoms with E-state index in [4.69, 9.17) is 0 Å². The molecule has 0 radical (unpaired) electrons. The van der Waals surface area contributed by atoms with Crippen LogP contribution in [0.1, 0.15) is 16.7 Å². The predicted octanol–water partition coefficient (Wildman–Crippen LogP) is 5.19. The van der Waals surface area contributed by atoms with E-state index in [1.807, 2.05) is 54.6 Å². The zero-order valence-electron chi connectivity index (χ0n) is 14.8. The van der Waals surface area contributed by atoms with Crippen molar-refractivity contribution in [2.24, 2.45) is 0 Å². The topological polar surface area (TPSA) is 45.1 Å². The van der Waals surface area contributed by atoms with Crippen LogP contribution < -0.4 is 5.32 Å². The molecule has 0 fully saturated rings. The number of nitrogens with zero attached hydrogens (tertiary/aromatic N) is 1. The highest BCUT2D eigenvalue weighted by atomic mass is 16.3. The van der Waals surface area contributed by atoms with Gasteiger partial charge in [0, 0.05) is 0 Å². The van der Waals surface area contributed by atoms with E-state index in [9.17, 15) is 5.11 Å². The quantitative estimate of drug-likeness (QED) is 0.486. The van der Waals surface area contributed by atoms with Crippen LogP contribution in [-0.2, 0) is 5.54 Å². The van der Waals surface area contributed by atoms with Crippen LogP contribution in [0.2, 0.25) is 0 Å². The molecule has 1 aromatic heterocycles. The normalized spacial score (nSPS) is 11.1. The SMILES string of the molecule is Oc1ccc(NC(c2ccccc2)(c2ccccc2)c2ccccc2)nc1. The van der Waals surface area contributed by atoms with Gasteiger partial charge < -0.3 is 10.4 Å². The molecule has 0 aliphatic rings. The minimum Gasteiger partial charge on any atom is -0.506 e. The number of aromatic nitrogens is 1. The molecule has 0 atom stereocenters. The number of nitrogens with one attached hydrogen (secondary N) is 1. The van der Waals surface area contributed by atoms with Gasteiger partial charge in [-0.25, -0.2) is 4.98 Å². The number of hydrogen-bond donors (Lipinski definition) is 2. The van der Waals surface area contributed by atoms with Gasteiger partial charge in [0.05, 0.1) is 6.20 Å². The Kier molecular flexibility index (Phi) is 4.58. The fourth-order valence-electron chi connectivity index (χ4n) is 3.43. The molecule has 3 heteroatoms. The molecule has 0 bridgehead atoms. The van der Waals surface area contributed by atoms with Crippen molar-refractivity contribution < 1.29 is 5.11 Å². The minimum atomic E-state index is -0.617. The third-order valence-corrected chi connectivity index (χ3v) is 4.68. The molecule has 0 aliphatic carbocycles. The molecular weight excluding hydrogens is 332 g/mol. The van der Waals surface area contributed by atoms with Crippen molar-refractivity contribution in [1.29, 1.82) is 0 Å². The molecule has 1 heterocycles. The smallest absolute Gasteiger partial charge is 0.134 e. The van der Waals surface area contributed by atoms with Crippen molar-refractivity contribution in [2.45, 2.75) is 5.54 Å². The zero-order chi connectivity index (χ0) is 18.5. The minimum absolute atomic E-state index is 0.144. The molecule has 3 nitrogen and oxygen atoms in total. The molecule has 0 aliphatic heterocycles. The van der Waals surface area contributed by atoms with Crippen LogP contribution in [0.15, 0.2) is 109 Å². The summed E-state index contributed by atoms with van der Waals surface area (Å²) in [6.07, 6.45) is 1.45. The number of aromatic hydroxyl groups is 1. The van der Waals surface area contributed by atoms with E-state index in [0.717, 1.165) is 16.7 Å². The first kappa shape index (κ1) is 16.9. The summed E-state index contributed by atoms with van der Waals surface area (Å²) in [5, 5.41) is 13.3. The average molecular weight is 352 g/mol. The summed E-state index contributed by atoms with van der Waals surface area (Å²) in [7, 11) is 0. The van der Waals surface area contributed by atoms with Crippen molar-refractivity contribution in [3.63, 3.8) is 0 Å². The molecule has 0 saturated carbocycles. The molecule has 4 rings (SSSR count). The maximum Gasteiger partial charge on any atom is 0.134 e. The summed E-state index contributed by atoms with van der Waals surface area (Å²) >= 11 is 0. The van der Waals surface area contributed by atoms with Crippen molar-refractivity contribution in [2.75, 3.05) is 5.32 Å². The van der Waals surface area contributed by atoms with Crippen LogP contribution in [-0.4, -0.2) is 10.1 Å². The molecule has 4 aromatic rings. The van der Waals surface area contributed by atoms with Crippen molar-refractivity contribution in [3.05, 3.63) is 126 Å². The molecule has 0 spiro atoms. The van der Waals surface area contributed by atoms with Gasteiger partial charge in [-0.05, 0) is 28.8 Å². The third-order valence-electron chi connectivity index (χ3n) is 4.68. The molecule has 0 unspecified atom stereocenters. The Bertz CT molecular complexity index is 888. The van der Waals surface area contributed by atoms with Gasteiger partial charge in [0.1, 0.15) is 17.1 Å². The lowest BCUT2D eigenvalue weighted by molar-refractivity contribution is 0.472. The fourth-order valence-corrected chi connectivity index (χ4v) is 3.43. The van der Waals surface area contributed by atoms with Gasteiger partial charge in [-0.1, -0.05) is 91.0 Å². The lowest BCUT2D eigenvalue weighted by atomic mass is 9.77. The van der Waals surface area contributed by atoms with Crippen LogP contribution in [0.3, 0.4) is 0 Å². The monoisotopic (exact) mass is 352 g/mol. The van der Waals surface area contributed by atoms with E-state index in [0.29, 0.717) is 5.82 Å². The molecular formula is C24H20N2O. The second-order valence-corrected chi connectivity index (χ2v) is 6.37. The summed E-state index contributed by atoms with van der Waals surface area (Å²) in [5.41, 5.74) is 2.71. The summed E-state index contributed by atoms with van der Waals surface area (Å²) in [6, 6.07) is 34.5. The number of hydrogen-bond acceptors (Lipinski definition) is 3. The van der Waals surface area contributed by atoms with Gasteiger partial charge in [0.2, 0.25) is 0 Å². The second kappa shape index (κ2) is 7.34. The average Bonchev–Trinajstić information content (AvgIpc) is 2.75. The molecule has 3 aromatic carbocycles. The van der Waals surface area contributed by atoms with E-state index in [2.05, 4.69) is 46.7 Å². The molecule has 132 valence electrons. The second-order valence-electron chi connectivity index (χ2n) is 6.37. The van der Waals surface area contributed by atoms with Crippen LogP contribution in [0.4, 0.5) is 5.82 Å². The van der Waals surface area contributed by atoms with Gasteiger partial charge in [0.25, 0.3) is 0 Å². The summed E-state index contributed by atoms with van der Waals surface area (Å²) in [6.45, 7) is 0. The largest absolute Gasteiger partial charge is 0.506 e. The first-order chi connectivity index (χ1) is 13.3. The van der Waals surface area contributed by atoms with E-state index in [1.165, 1.54) is 6.20 Å². The van der Waals surface area contributed by atoms with E-state index in [-0.39, 0.29) is 5.75 Å². The highest BCUT2D eigenvalue weighted by Crippen LogP contribution is 2.39. The van der Waals surface area contributed by atoms with Gasteiger partial charge in [-0.15, -0.1) is 0 Å². The Balaban J connectivity index is 1.98. The lowest BCUT2D eigenvalue weighted by Gasteiger charge is -2.37.